The summed E-state index contributed by atoms with van der Waals surface area (Å²) in [6.45, 7) is 0. The van der Waals surface area contributed by atoms with Crippen molar-refractivity contribution in [1.29, 1.82) is 0 Å². The van der Waals surface area contributed by atoms with Gasteiger partial charge in [-0.25, -0.2) is 0 Å². The highest BCUT2D eigenvalue weighted by Crippen LogP contribution is 2.34. The van der Waals surface area contributed by atoms with E-state index in [-0.39, 0.29) is 18.4 Å². The van der Waals surface area contributed by atoms with Gasteiger partial charge >= 0.3 is 6.18 Å². The van der Waals surface area contributed by atoms with Gasteiger partial charge in [-0.2, -0.15) is 13.2 Å². The van der Waals surface area contributed by atoms with E-state index in [1.807, 2.05) is 0 Å². The fourth-order valence-corrected chi connectivity index (χ4v) is 1.61. The van der Waals surface area contributed by atoms with Crippen LogP contribution < -0.4 is 0 Å². The lowest BCUT2D eigenvalue weighted by atomic mass is 10.0. The second-order valence-corrected chi connectivity index (χ2v) is 3.92. The highest BCUT2D eigenvalue weighted by Gasteiger charge is 2.33. The van der Waals surface area contributed by atoms with Gasteiger partial charge in [0.1, 0.15) is 6.29 Å². The molecule has 0 atom stereocenters. The number of benzene rings is 1. The molecule has 0 bridgehead atoms. The van der Waals surface area contributed by atoms with Crippen molar-refractivity contribution in [2.24, 2.45) is 0 Å². The van der Waals surface area contributed by atoms with Crippen LogP contribution in [-0.4, -0.2) is 6.29 Å². The topological polar surface area (TPSA) is 17.1 Å². The van der Waals surface area contributed by atoms with E-state index in [0.717, 1.165) is 6.07 Å². The minimum Gasteiger partial charge on any atom is -0.303 e. The second-order valence-electron chi connectivity index (χ2n) is 3.00. The number of aryl methyl sites for hydroxylation is 1. The third-order valence-electron chi connectivity index (χ3n) is 1.91. The Morgan fingerprint density at radius 3 is 2.53 bits per heavy atom. The number of carbonyl (C=O) groups excluding carboxylic acids is 1. The van der Waals surface area contributed by atoms with Crippen molar-refractivity contribution in [3.05, 3.63) is 33.8 Å². The zero-order valence-corrected chi connectivity index (χ0v) is 9.23. The Morgan fingerprint density at radius 1 is 1.33 bits per heavy atom. The van der Waals surface area contributed by atoms with Gasteiger partial charge in [0.15, 0.2) is 0 Å². The lowest BCUT2D eigenvalue weighted by Gasteiger charge is -2.12. The predicted octanol–water partition coefficient (Wildman–Crippen LogP) is 3.60. The first kappa shape index (κ1) is 12.2. The molecule has 0 aromatic heterocycles. The van der Waals surface area contributed by atoms with Gasteiger partial charge in [-0.05, 0) is 24.1 Å². The van der Waals surface area contributed by atoms with Crippen molar-refractivity contribution in [3.63, 3.8) is 0 Å². The van der Waals surface area contributed by atoms with Gasteiger partial charge in [-0.3, -0.25) is 0 Å². The lowest BCUT2D eigenvalue weighted by Crippen LogP contribution is -2.09. The number of hydrogen-bond donors (Lipinski definition) is 0. The molecule has 1 aromatic rings. The van der Waals surface area contributed by atoms with E-state index < -0.39 is 11.7 Å². The highest BCUT2D eigenvalue weighted by molar-refractivity contribution is 9.10. The highest BCUT2D eigenvalue weighted by atomic mass is 79.9. The molecule has 0 amide bonds. The Bertz CT molecular complexity index is 360. The van der Waals surface area contributed by atoms with Crippen LogP contribution in [0.5, 0.6) is 0 Å². The number of alkyl halides is 3. The van der Waals surface area contributed by atoms with Gasteiger partial charge in [0, 0.05) is 10.9 Å². The van der Waals surface area contributed by atoms with Crippen molar-refractivity contribution in [2.75, 3.05) is 0 Å². The molecule has 0 spiro atoms. The van der Waals surface area contributed by atoms with E-state index in [0.29, 0.717) is 10.8 Å². The fraction of sp³-hybridized carbons (Fsp3) is 0.300. The molecule has 1 aromatic carbocycles. The van der Waals surface area contributed by atoms with E-state index >= 15 is 0 Å². The Hall–Kier alpha value is -0.840. The van der Waals surface area contributed by atoms with Crippen molar-refractivity contribution in [3.8, 4) is 0 Å². The number of halogens is 4. The normalized spacial score (nSPS) is 11.5. The van der Waals surface area contributed by atoms with Crippen LogP contribution in [0.1, 0.15) is 17.5 Å². The SMILES string of the molecule is O=CCCc1ccc(Br)cc1C(F)(F)F. The van der Waals surface area contributed by atoms with Gasteiger partial charge in [0.2, 0.25) is 0 Å². The third-order valence-corrected chi connectivity index (χ3v) is 2.40. The van der Waals surface area contributed by atoms with Crippen LogP contribution in [0, 0.1) is 0 Å². The molecular formula is C10H8BrF3O. The molecule has 0 unspecified atom stereocenters. The molecule has 0 N–H and O–H groups in total. The van der Waals surface area contributed by atoms with Crippen molar-refractivity contribution in [1.82, 2.24) is 0 Å². The quantitative estimate of drug-likeness (QED) is 0.774. The van der Waals surface area contributed by atoms with Crippen LogP contribution in [0.4, 0.5) is 13.2 Å². The molecule has 0 aliphatic carbocycles. The molecular weight excluding hydrogens is 273 g/mol. The molecule has 0 aliphatic heterocycles. The average Bonchev–Trinajstić information content (AvgIpc) is 2.14. The van der Waals surface area contributed by atoms with Crippen molar-refractivity contribution >= 4 is 22.2 Å². The largest absolute Gasteiger partial charge is 0.416 e. The van der Waals surface area contributed by atoms with E-state index in [9.17, 15) is 18.0 Å². The first-order chi connectivity index (χ1) is 6.95. The zero-order chi connectivity index (χ0) is 11.5. The van der Waals surface area contributed by atoms with Crippen molar-refractivity contribution in [2.45, 2.75) is 19.0 Å². The summed E-state index contributed by atoms with van der Waals surface area (Å²) in [4.78, 5) is 10.1. The van der Waals surface area contributed by atoms with Gasteiger partial charge in [-0.15, -0.1) is 0 Å². The first-order valence-electron chi connectivity index (χ1n) is 4.24. The van der Waals surface area contributed by atoms with Gasteiger partial charge in [0.25, 0.3) is 0 Å². The molecule has 0 radical (unpaired) electrons. The molecule has 0 heterocycles. The summed E-state index contributed by atoms with van der Waals surface area (Å²) in [6.07, 6.45) is -3.54. The smallest absolute Gasteiger partial charge is 0.303 e. The molecule has 1 nitrogen and oxygen atoms in total. The van der Waals surface area contributed by atoms with Crippen LogP contribution >= 0.6 is 15.9 Å². The van der Waals surface area contributed by atoms with Gasteiger partial charge < -0.3 is 4.79 Å². The molecule has 1 rings (SSSR count). The van der Waals surface area contributed by atoms with Gasteiger partial charge in [-0.1, -0.05) is 22.0 Å². The van der Waals surface area contributed by atoms with Crippen LogP contribution in [0.2, 0.25) is 0 Å². The number of aldehydes is 1. The molecule has 15 heavy (non-hydrogen) atoms. The molecule has 82 valence electrons. The molecule has 5 heteroatoms. The number of hydrogen-bond acceptors (Lipinski definition) is 1. The average molecular weight is 281 g/mol. The molecule has 0 fully saturated rings. The van der Waals surface area contributed by atoms with Crippen LogP contribution in [0.3, 0.4) is 0 Å². The van der Waals surface area contributed by atoms with E-state index in [1.165, 1.54) is 12.1 Å². The fourth-order valence-electron chi connectivity index (χ4n) is 1.24. The summed E-state index contributed by atoms with van der Waals surface area (Å²) >= 11 is 2.99. The summed E-state index contributed by atoms with van der Waals surface area (Å²) in [5.41, 5.74) is -0.531. The maximum atomic E-state index is 12.5. The molecule has 0 aliphatic rings. The van der Waals surface area contributed by atoms with Crippen LogP contribution in [0.25, 0.3) is 0 Å². The van der Waals surface area contributed by atoms with E-state index in [1.54, 1.807) is 0 Å². The number of rotatable bonds is 3. The van der Waals surface area contributed by atoms with E-state index in [2.05, 4.69) is 15.9 Å². The third kappa shape index (κ3) is 3.34. The summed E-state index contributed by atoms with van der Waals surface area (Å²) in [7, 11) is 0. The van der Waals surface area contributed by atoms with Crippen LogP contribution in [-0.2, 0) is 17.4 Å². The Kier molecular flexibility index (Phi) is 3.90. The second kappa shape index (κ2) is 4.79. The standard InChI is InChI=1S/C10H8BrF3O/c11-8-4-3-7(2-1-5-15)9(6-8)10(12,13)14/h3-6H,1-2H2. The molecule has 0 saturated heterocycles. The molecule has 0 saturated carbocycles. The maximum absolute atomic E-state index is 12.5. The van der Waals surface area contributed by atoms with Crippen molar-refractivity contribution < 1.29 is 18.0 Å². The minimum absolute atomic E-state index is 0.102. The summed E-state index contributed by atoms with van der Waals surface area (Å²) < 4.78 is 38.0. The summed E-state index contributed by atoms with van der Waals surface area (Å²) in [6, 6.07) is 3.95. The van der Waals surface area contributed by atoms with Gasteiger partial charge in [0.05, 0.1) is 5.56 Å². The minimum atomic E-state index is -4.37. The summed E-state index contributed by atoms with van der Waals surface area (Å²) in [5, 5.41) is 0. The van der Waals surface area contributed by atoms with Crippen LogP contribution in [0.15, 0.2) is 22.7 Å². The Morgan fingerprint density at radius 2 is 2.00 bits per heavy atom. The van der Waals surface area contributed by atoms with E-state index in [4.69, 9.17) is 0 Å². The Labute approximate surface area is 93.4 Å². The lowest BCUT2D eigenvalue weighted by molar-refractivity contribution is -0.138. The predicted molar refractivity (Wildman–Crippen MR) is 53.5 cm³/mol. The Balaban J connectivity index is 3.09. The summed E-state index contributed by atoms with van der Waals surface area (Å²) in [5.74, 6) is 0. The zero-order valence-electron chi connectivity index (χ0n) is 7.64. The number of carbonyl (C=O) groups is 1. The first-order valence-corrected chi connectivity index (χ1v) is 5.03. The maximum Gasteiger partial charge on any atom is 0.416 e. The monoisotopic (exact) mass is 280 g/mol.